The van der Waals surface area contributed by atoms with Crippen molar-refractivity contribution in [3.63, 3.8) is 0 Å². The third kappa shape index (κ3) is 2.93. The smallest absolute Gasteiger partial charge is 0.178 e. The summed E-state index contributed by atoms with van der Waals surface area (Å²) in [6.07, 6.45) is 1.76. The van der Waals surface area contributed by atoms with Gasteiger partial charge in [0.2, 0.25) is 0 Å². The van der Waals surface area contributed by atoms with E-state index in [4.69, 9.17) is 7.98 Å². The van der Waals surface area contributed by atoms with E-state index in [1.807, 2.05) is 18.2 Å². The van der Waals surface area contributed by atoms with Crippen LogP contribution in [-0.2, 0) is 0 Å². The Morgan fingerprint density at radius 2 is 2.17 bits per heavy atom. The van der Waals surface area contributed by atoms with Crippen molar-refractivity contribution in [3.8, 4) is 0 Å². The first-order chi connectivity index (χ1) is 8.76. The fourth-order valence-corrected chi connectivity index (χ4v) is 2.81. The predicted molar refractivity (Wildman–Crippen MR) is 73.2 cm³/mol. The predicted octanol–water partition coefficient (Wildman–Crippen LogP) is 2.22. The maximum absolute atomic E-state index is 13.2. The molecule has 0 spiro atoms. The number of benzene rings is 1. The maximum atomic E-state index is 13.2. The van der Waals surface area contributed by atoms with Gasteiger partial charge < -0.3 is 5.23 Å². The molecule has 1 aromatic carbocycles. The minimum Gasteiger partial charge on any atom is -0.364 e. The second-order valence-electron chi connectivity index (χ2n) is 5.02. The van der Waals surface area contributed by atoms with Crippen LogP contribution in [0.2, 0.25) is 0 Å². The lowest BCUT2D eigenvalue weighted by Gasteiger charge is -2.42. The van der Waals surface area contributed by atoms with Gasteiger partial charge in [-0.1, -0.05) is 30.3 Å². The second-order valence-corrected chi connectivity index (χ2v) is 5.02. The SMILES string of the molecule is [B]N[C@H]1CCN([C@H](C)c2ccccc2)[C@H](CF)C1. The summed E-state index contributed by atoms with van der Waals surface area (Å²) in [5, 5.41) is 2.77. The van der Waals surface area contributed by atoms with Crippen LogP contribution in [-0.4, -0.2) is 38.2 Å². The Bertz CT molecular complexity index is 360. The molecule has 96 valence electrons. The van der Waals surface area contributed by atoms with Crippen LogP contribution in [0.15, 0.2) is 30.3 Å². The van der Waals surface area contributed by atoms with Crippen LogP contribution in [0.4, 0.5) is 4.39 Å². The number of rotatable bonds is 4. The van der Waals surface area contributed by atoms with Crippen LogP contribution in [0.5, 0.6) is 0 Å². The highest BCUT2D eigenvalue weighted by Gasteiger charge is 2.30. The highest BCUT2D eigenvalue weighted by Crippen LogP contribution is 2.28. The van der Waals surface area contributed by atoms with Crippen LogP contribution in [0, 0.1) is 0 Å². The molecule has 2 nitrogen and oxygen atoms in total. The first kappa shape index (κ1) is 13.6. The van der Waals surface area contributed by atoms with Gasteiger partial charge in [-0.15, -0.1) is 0 Å². The van der Waals surface area contributed by atoms with Crippen LogP contribution >= 0.6 is 0 Å². The summed E-state index contributed by atoms with van der Waals surface area (Å²) in [7, 11) is 5.46. The third-order valence-corrected chi connectivity index (χ3v) is 3.95. The van der Waals surface area contributed by atoms with Crippen molar-refractivity contribution < 1.29 is 4.39 Å². The Balaban J connectivity index is 2.07. The molecule has 1 aliphatic rings. The Hall–Kier alpha value is -0.865. The monoisotopic (exact) mass is 246 g/mol. The number of hydrogen-bond acceptors (Lipinski definition) is 2. The quantitative estimate of drug-likeness (QED) is 0.819. The van der Waals surface area contributed by atoms with E-state index in [1.165, 1.54) is 5.56 Å². The van der Waals surface area contributed by atoms with Crippen molar-refractivity contribution in [2.45, 2.75) is 37.9 Å². The summed E-state index contributed by atoms with van der Waals surface area (Å²) in [4.78, 5) is 2.25. The van der Waals surface area contributed by atoms with Crippen LogP contribution in [0.1, 0.15) is 31.4 Å². The zero-order chi connectivity index (χ0) is 13.0. The van der Waals surface area contributed by atoms with Crippen LogP contribution in [0.3, 0.4) is 0 Å². The number of nitrogens with zero attached hydrogens (tertiary/aromatic N) is 1. The van der Waals surface area contributed by atoms with Gasteiger partial charge >= 0.3 is 0 Å². The first-order valence-electron chi connectivity index (χ1n) is 6.59. The molecular weight excluding hydrogens is 226 g/mol. The molecule has 1 aromatic rings. The normalized spacial score (nSPS) is 27.0. The van der Waals surface area contributed by atoms with Gasteiger partial charge in [0.05, 0.1) is 0 Å². The zero-order valence-corrected chi connectivity index (χ0v) is 10.8. The molecule has 2 rings (SSSR count). The van der Waals surface area contributed by atoms with E-state index in [1.54, 1.807) is 0 Å². The maximum Gasteiger partial charge on any atom is 0.178 e. The lowest BCUT2D eigenvalue weighted by atomic mass is 9.93. The molecule has 3 atom stereocenters. The second kappa shape index (κ2) is 6.35. The van der Waals surface area contributed by atoms with Crippen molar-refractivity contribution in [1.29, 1.82) is 0 Å². The highest BCUT2D eigenvalue weighted by atomic mass is 19.1. The molecule has 1 fully saturated rings. The number of alkyl halides is 1. The Labute approximate surface area is 110 Å². The molecule has 18 heavy (non-hydrogen) atoms. The summed E-state index contributed by atoms with van der Waals surface area (Å²) < 4.78 is 13.2. The highest BCUT2D eigenvalue weighted by molar-refractivity contribution is 6.04. The summed E-state index contributed by atoms with van der Waals surface area (Å²) in [5.41, 5.74) is 1.25. The zero-order valence-electron chi connectivity index (χ0n) is 10.8. The van der Waals surface area contributed by atoms with Gasteiger partial charge in [0, 0.05) is 18.6 Å². The fraction of sp³-hybridized carbons (Fsp3) is 0.571. The van der Waals surface area contributed by atoms with E-state index in [-0.39, 0.29) is 24.8 Å². The summed E-state index contributed by atoms with van der Waals surface area (Å²) >= 11 is 0. The number of piperidine rings is 1. The van der Waals surface area contributed by atoms with Crippen LogP contribution < -0.4 is 5.23 Å². The molecule has 0 saturated carbocycles. The molecule has 4 heteroatoms. The van der Waals surface area contributed by atoms with Gasteiger partial charge in [-0.2, -0.15) is 0 Å². The standard InChI is InChI=1S/C14H20BFN2/c1-11(12-5-3-2-4-6-12)18-8-7-13(17-15)9-14(18)10-16/h2-6,11,13-14,17H,7-10H2,1H3/t11-,13+,14+/m1/s1. The van der Waals surface area contributed by atoms with Crippen molar-refractivity contribution in [1.82, 2.24) is 10.1 Å². The molecule has 0 aromatic heterocycles. The van der Waals surface area contributed by atoms with E-state index in [0.29, 0.717) is 0 Å². The average Bonchev–Trinajstić information content (AvgIpc) is 2.46. The number of hydrogen-bond donors (Lipinski definition) is 1. The minimum absolute atomic E-state index is 0.0324. The van der Waals surface area contributed by atoms with Crippen LogP contribution in [0.25, 0.3) is 0 Å². The first-order valence-corrected chi connectivity index (χ1v) is 6.59. The molecule has 1 heterocycles. The molecule has 0 aliphatic carbocycles. The van der Waals surface area contributed by atoms with Crippen molar-refractivity contribution in [2.24, 2.45) is 0 Å². The molecule has 0 unspecified atom stereocenters. The largest absolute Gasteiger partial charge is 0.364 e. The molecule has 1 N–H and O–H groups in total. The molecule has 2 radical (unpaired) electrons. The minimum atomic E-state index is -0.310. The van der Waals surface area contributed by atoms with Gasteiger partial charge in [-0.05, 0) is 31.4 Å². The fourth-order valence-electron chi connectivity index (χ4n) is 2.81. The van der Waals surface area contributed by atoms with Gasteiger partial charge in [0.25, 0.3) is 0 Å². The van der Waals surface area contributed by atoms with Gasteiger partial charge in [-0.3, -0.25) is 4.90 Å². The Morgan fingerprint density at radius 1 is 1.44 bits per heavy atom. The van der Waals surface area contributed by atoms with Gasteiger partial charge in [0.1, 0.15) is 6.67 Å². The van der Waals surface area contributed by atoms with Gasteiger partial charge in [-0.25, -0.2) is 4.39 Å². The number of nitrogens with one attached hydrogen (secondary N) is 1. The summed E-state index contributed by atoms with van der Waals surface area (Å²) in [6.45, 7) is 2.73. The molecule has 1 aliphatic heterocycles. The molecule has 0 amide bonds. The van der Waals surface area contributed by atoms with Crippen molar-refractivity contribution in [2.75, 3.05) is 13.2 Å². The number of likely N-dealkylation sites (tertiary alicyclic amines) is 1. The van der Waals surface area contributed by atoms with E-state index in [0.717, 1.165) is 19.4 Å². The number of halogens is 1. The van der Waals surface area contributed by atoms with Crippen molar-refractivity contribution >= 4 is 7.98 Å². The van der Waals surface area contributed by atoms with E-state index < -0.39 is 0 Å². The van der Waals surface area contributed by atoms with Gasteiger partial charge in [0.15, 0.2) is 7.98 Å². The average molecular weight is 246 g/mol. The molecule has 1 saturated heterocycles. The van der Waals surface area contributed by atoms with E-state index in [2.05, 4.69) is 29.2 Å². The topological polar surface area (TPSA) is 15.3 Å². The third-order valence-electron chi connectivity index (χ3n) is 3.95. The lowest BCUT2D eigenvalue weighted by Crippen LogP contribution is -2.49. The summed E-state index contributed by atoms with van der Waals surface area (Å²) in [5.74, 6) is 0. The van der Waals surface area contributed by atoms with E-state index in [9.17, 15) is 4.39 Å². The lowest BCUT2D eigenvalue weighted by molar-refractivity contribution is 0.0727. The van der Waals surface area contributed by atoms with Crippen molar-refractivity contribution in [3.05, 3.63) is 35.9 Å². The molecule has 0 bridgehead atoms. The Morgan fingerprint density at radius 3 is 2.78 bits per heavy atom. The summed E-state index contributed by atoms with van der Waals surface area (Å²) in [6, 6.07) is 10.7. The Kier molecular flexibility index (Phi) is 4.78. The van der Waals surface area contributed by atoms with E-state index >= 15 is 0 Å². The molecular formula is C14H20BFN2.